The average Bonchev–Trinajstić information content (AvgIpc) is 2.75. The van der Waals surface area contributed by atoms with Gasteiger partial charge in [-0.3, -0.25) is 10.1 Å². The lowest BCUT2D eigenvalue weighted by Crippen LogP contribution is -2.20. The molecule has 0 saturated heterocycles. The number of benzene rings is 2. The van der Waals surface area contributed by atoms with Gasteiger partial charge in [0.05, 0.1) is 10.6 Å². The van der Waals surface area contributed by atoms with Crippen molar-refractivity contribution in [3.05, 3.63) is 83.3 Å². The molecule has 4 rings (SSSR count). The topological polar surface area (TPSA) is 97.1 Å². The van der Waals surface area contributed by atoms with Crippen molar-refractivity contribution in [1.29, 1.82) is 0 Å². The molecule has 8 heteroatoms. The molecule has 0 atom stereocenters. The number of hydrogen-bond donors (Lipinski definition) is 1. The van der Waals surface area contributed by atoms with Gasteiger partial charge in [0, 0.05) is 18.1 Å². The fourth-order valence-corrected chi connectivity index (χ4v) is 3.26. The van der Waals surface area contributed by atoms with Gasteiger partial charge in [-0.2, -0.15) is 0 Å². The Bertz CT molecular complexity index is 1160. The number of aromatic nitrogens is 3. The van der Waals surface area contributed by atoms with Gasteiger partial charge in [-0.15, -0.1) is 0 Å². The van der Waals surface area contributed by atoms with Gasteiger partial charge in [0.15, 0.2) is 0 Å². The highest BCUT2D eigenvalue weighted by molar-refractivity contribution is 5.96. The van der Waals surface area contributed by atoms with E-state index in [-0.39, 0.29) is 17.3 Å². The first-order valence-electron chi connectivity index (χ1n) is 9.11. The molecule has 2 aromatic heterocycles. The van der Waals surface area contributed by atoms with E-state index in [4.69, 9.17) is 0 Å². The van der Waals surface area contributed by atoms with E-state index in [0.717, 1.165) is 16.5 Å². The van der Waals surface area contributed by atoms with Gasteiger partial charge in [-0.25, -0.2) is 15.0 Å². The Morgan fingerprint density at radius 1 is 1.00 bits per heavy atom. The van der Waals surface area contributed by atoms with E-state index in [1.54, 1.807) is 24.4 Å². The molecule has 0 unspecified atom stereocenters. The molecule has 144 valence electrons. The van der Waals surface area contributed by atoms with Crippen molar-refractivity contribution in [1.82, 2.24) is 15.0 Å². The lowest BCUT2D eigenvalue weighted by atomic mass is 10.1. The molecule has 0 aliphatic heterocycles. The molecule has 0 amide bonds. The Balaban J connectivity index is 1.86. The molecule has 0 bridgehead atoms. The van der Waals surface area contributed by atoms with Crippen molar-refractivity contribution in [3.63, 3.8) is 0 Å². The van der Waals surface area contributed by atoms with Gasteiger partial charge in [0.1, 0.15) is 12.1 Å². The molecule has 4 aromatic rings. The minimum atomic E-state index is -0.464. The average molecular weight is 386 g/mol. The third-order valence-electron chi connectivity index (χ3n) is 4.53. The van der Waals surface area contributed by atoms with Crippen molar-refractivity contribution in [2.75, 3.05) is 16.8 Å². The SMILES string of the molecule is CCN(c1ncnc(Nc2ccccn2)c1[N+](=O)[O-])c1cccc2ccccc12. The van der Waals surface area contributed by atoms with Gasteiger partial charge in [0.2, 0.25) is 11.6 Å². The number of nitrogens with zero attached hydrogens (tertiary/aromatic N) is 5. The lowest BCUT2D eigenvalue weighted by molar-refractivity contribution is -0.383. The van der Waals surface area contributed by atoms with Crippen LogP contribution in [0.2, 0.25) is 0 Å². The standard InChI is InChI=1S/C21H18N6O2/c1-2-26(17-11-7-9-15-8-3-4-10-16(15)17)21-19(27(28)29)20(23-14-24-21)25-18-12-5-6-13-22-18/h3-14H,2H2,1H3,(H,22,23,24,25). The summed E-state index contributed by atoms with van der Waals surface area (Å²) in [5.74, 6) is 0.785. The van der Waals surface area contributed by atoms with Crippen LogP contribution in [0.3, 0.4) is 0 Å². The highest BCUT2D eigenvalue weighted by Crippen LogP contribution is 2.38. The largest absolute Gasteiger partial charge is 0.354 e. The van der Waals surface area contributed by atoms with Gasteiger partial charge in [0.25, 0.3) is 0 Å². The van der Waals surface area contributed by atoms with Crippen LogP contribution >= 0.6 is 0 Å². The Kier molecular flexibility index (Phi) is 4.98. The van der Waals surface area contributed by atoms with E-state index in [1.165, 1.54) is 6.33 Å². The summed E-state index contributed by atoms with van der Waals surface area (Å²) in [6.07, 6.45) is 2.92. The van der Waals surface area contributed by atoms with Gasteiger partial charge >= 0.3 is 5.69 Å². The number of nitrogens with one attached hydrogen (secondary N) is 1. The van der Waals surface area contributed by atoms with E-state index >= 15 is 0 Å². The van der Waals surface area contributed by atoms with Crippen LogP contribution in [0, 0.1) is 10.1 Å². The molecule has 0 fully saturated rings. The maximum absolute atomic E-state index is 12.0. The second-order valence-corrected chi connectivity index (χ2v) is 6.23. The number of nitro groups is 1. The quantitative estimate of drug-likeness (QED) is 0.374. The summed E-state index contributed by atoms with van der Waals surface area (Å²) < 4.78 is 0. The first-order valence-corrected chi connectivity index (χ1v) is 9.11. The minimum absolute atomic E-state index is 0.0948. The normalized spacial score (nSPS) is 10.7. The molecule has 1 N–H and O–H groups in total. The van der Waals surface area contributed by atoms with Crippen LogP contribution in [0.25, 0.3) is 10.8 Å². The van der Waals surface area contributed by atoms with E-state index in [1.807, 2.05) is 54.3 Å². The molecular weight excluding hydrogens is 368 g/mol. The summed E-state index contributed by atoms with van der Waals surface area (Å²) in [4.78, 5) is 25.9. The number of rotatable bonds is 6. The number of pyridine rings is 1. The molecule has 2 aromatic carbocycles. The number of anilines is 4. The molecule has 0 aliphatic rings. The van der Waals surface area contributed by atoms with Crippen molar-refractivity contribution in [2.45, 2.75) is 6.92 Å². The zero-order valence-corrected chi connectivity index (χ0v) is 15.7. The van der Waals surface area contributed by atoms with Crippen LogP contribution in [0.1, 0.15) is 6.92 Å². The van der Waals surface area contributed by atoms with E-state index < -0.39 is 4.92 Å². The van der Waals surface area contributed by atoms with Crippen molar-refractivity contribution in [3.8, 4) is 0 Å². The van der Waals surface area contributed by atoms with Crippen LogP contribution in [0.5, 0.6) is 0 Å². The Morgan fingerprint density at radius 3 is 2.55 bits per heavy atom. The molecule has 0 saturated carbocycles. The van der Waals surface area contributed by atoms with Gasteiger partial charge < -0.3 is 10.2 Å². The Morgan fingerprint density at radius 2 is 1.79 bits per heavy atom. The van der Waals surface area contributed by atoms with Crippen molar-refractivity contribution < 1.29 is 4.92 Å². The zero-order valence-electron chi connectivity index (χ0n) is 15.7. The summed E-state index contributed by atoms with van der Waals surface area (Å²) in [6, 6.07) is 19.1. The first kappa shape index (κ1) is 18.3. The molecule has 29 heavy (non-hydrogen) atoms. The summed E-state index contributed by atoms with van der Waals surface area (Å²) in [6.45, 7) is 2.42. The lowest BCUT2D eigenvalue weighted by Gasteiger charge is -2.23. The highest BCUT2D eigenvalue weighted by Gasteiger charge is 2.28. The van der Waals surface area contributed by atoms with Crippen LogP contribution < -0.4 is 10.2 Å². The number of hydrogen-bond acceptors (Lipinski definition) is 7. The molecule has 0 radical (unpaired) electrons. The first-order chi connectivity index (χ1) is 14.2. The van der Waals surface area contributed by atoms with Crippen molar-refractivity contribution in [2.24, 2.45) is 0 Å². The zero-order chi connectivity index (χ0) is 20.2. The van der Waals surface area contributed by atoms with E-state index in [0.29, 0.717) is 12.4 Å². The van der Waals surface area contributed by atoms with Crippen LogP contribution in [0.4, 0.5) is 28.8 Å². The summed E-state index contributed by atoms with van der Waals surface area (Å²) in [5, 5.41) is 17.0. The van der Waals surface area contributed by atoms with Crippen LogP contribution in [0.15, 0.2) is 73.2 Å². The van der Waals surface area contributed by atoms with Gasteiger partial charge in [-0.05, 0) is 30.5 Å². The van der Waals surface area contributed by atoms with Gasteiger partial charge in [-0.1, -0.05) is 42.5 Å². The fraction of sp³-hybridized carbons (Fsp3) is 0.0952. The minimum Gasteiger partial charge on any atom is -0.320 e. The Hall–Kier alpha value is -4.07. The summed E-state index contributed by atoms with van der Waals surface area (Å²) in [5.41, 5.74) is 0.643. The second-order valence-electron chi connectivity index (χ2n) is 6.23. The predicted molar refractivity (Wildman–Crippen MR) is 113 cm³/mol. The molecule has 2 heterocycles. The Labute approximate surface area is 167 Å². The molecule has 0 spiro atoms. The maximum atomic E-state index is 12.0. The number of fused-ring (bicyclic) bond motifs is 1. The third-order valence-corrected chi connectivity index (χ3v) is 4.53. The summed E-state index contributed by atoms with van der Waals surface area (Å²) >= 11 is 0. The molecule has 0 aliphatic carbocycles. The molecular formula is C21H18N6O2. The predicted octanol–water partition coefficient (Wildman–Crippen LogP) is 4.83. The maximum Gasteiger partial charge on any atom is 0.354 e. The van der Waals surface area contributed by atoms with Crippen molar-refractivity contribution >= 4 is 39.6 Å². The third kappa shape index (κ3) is 3.55. The van der Waals surface area contributed by atoms with Crippen LogP contribution in [-0.2, 0) is 0 Å². The van der Waals surface area contributed by atoms with Crippen LogP contribution in [-0.4, -0.2) is 26.4 Å². The smallest absolute Gasteiger partial charge is 0.320 e. The second kappa shape index (κ2) is 7.89. The molecule has 8 nitrogen and oxygen atoms in total. The van der Waals surface area contributed by atoms with E-state index in [2.05, 4.69) is 20.3 Å². The van der Waals surface area contributed by atoms with E-state index in [9.17, 15) is 10.1 Å². The monoisotopic (exact) mass is 386 g/mol. The summed E-state index contributed by atoms with van der Waals surface area (Å²) in [7, 11) is 0. The fourth-order valence-electron chi connectivity index (χ4n) is 3.26. The highest BCUT2D eigenvalue weighted by atomic mass is 16.6.